The molecule has 1 rings (SSSR count). The van der Waals surface area contributed by atoms with Gasteiger partial charge in [0.1, 0.15) is 5.69 Å². The lowest BCUT2D eigenvalue weighted by Gasteiger charge is -1.71. The highest BCUT2D eigenvalue weighted by atomic mass is 16.2. The summed E-state index contributed by atoms with van der Waals surface area (Å²) in [5.74, 6) is 0. The molecule has 0 aliphatic rings. The second-order valence-electron chi connectivity index (χ2n) is 1.21. The lowest BCUT2D eigenvalue weighted by atomic mass is 10.5. The van der Waals surface area contributed by atoms with E-state index in [1.807, 2.05) is 0 Å². The molecule has 0 spiro atoms. The molecule has 0 aliphatic carbocycles. The van der Waals surface area contributed by atoms with Gasteiger partial charge in [-0.05, 0) is 0 Å². The van der Waals surface area contributed by atoms with Crippen LogP contribution in [0.25, 0.3) is 6.08 Å². The van der Waals surface area contributed by atoms with Crippen molar-refractivity contribution in [2.75, 3.05) is 0 Å². The van der Waals surface area contributed by atoms with Crippen LogP contribution in [0.5, 0.6) is 0 Å². The Bertz CT molecular complexity index is 167. The Kier molecular flexibility index (Phi) is 1.27. The summed E-state index contributed by atoms with van der Waals surface area (Å²) in [6, 6.07) is 0. The van der Waals surface area contributed by atoms with E-state index in [1.54, 1.807) is 0 Å². The number of aliphatic hydroxyl groups is 1. The van der Waals surface area contributed by atoms with Crippen molar-refractivity contribution in [3.8, 4) is 0 Å². The molecule has 1 aromatic rings. The molecule has 4 heteroatoms. The Balaban J connectivity index is 2.77. The van der Waals surface area contributed by atoms with Gasteiger partial charge in [0.15, 0.2) is 0 Å². The molecule has 1 heterocycles. The predicted octanol–water partition coefficient (Wildman–Crippen LogP) is 0.333. The third-order valence-corrected chi connectivity index (χ3v) is 0.679. The van der Waals surface area contributed by atoms with Crippen molar-refractivity contribution >= 4 is 6.08 Å². The summed E-state index contributed by atoms with van der Waals surface area (Å²) in [7, 11) is 0. The molecule has 0 bridgehead atoms. The van der Waals surface area contributed by atoms with Gasteiger partial charge in [0, 0.05) is 6.08 Å². The van der Waals surface area contributed by atoms with Crippen molar-refractivity contribution in [2.24, 2.45) is 0 Å². The van der Waals surface area contributed by atoms with Gasteiger partial charge in [-0.2, -0.15) is 15.4 Å². The van der Waals surface area contributed by atoms with Crippen molar-refractivity contribution < 1.29 is 5.11 Å². The molecule has 0 aliphatic heterocycles. The Hall–Kier alpha value is -1.32. The number of aromatic nitrogens is 3. The highest BCUT2D eigenvalue weighted by Gasteiger charge is 1.83. The number of hydrogen-bond acceptors (Lipinski definition) is 3. The molecule has 4 nitrogen and oxygen atoms in total. The average molecular weight is 111 g/mol. The van der Waals surface area contributed by atoms with E-state index in [4.69, 9.17) is 5.11 Å². The van der Waals surface area contributed by atoms with E-state index >= 15 is 0 Å². The number of rotatable bonds is 1. The van der Waals surface area contributed by atoms with Crippen LogP contribution in [-0.2, 0) is 0 Å². The van der Waals surface area contributed by atoms with Gasteiger partial charge in [-0.3, -0.25) is 0 Å². The number of nitrogens with one attached hydrogen (secondary N) is 1. The lowest BCUT2D eigenvalue weighted by molar-refractivity contribution is 0.478. The Morgan fingerprint density at radius 2 is 2.62 bits per heavy atom. The maximum Gasteiger partial charge on any atom is 0.108 e. The maximum atomic E-state index is 8.18. The van der Waals surface area contributed by atoms with Crippen LogP contribution in [0, 0.1) is 0 Å². The molecule has 0 radical (unpaired) electrons. The molecular weight excluding hydrogens is 106 g/mol. The van der Waals surface area contributed by atoms with Gasteiger partial charge < -0.3 is 5.11 Å². The number of nitrogens with zero attached hydrogens (tertiary/aromatic N) is 2. The van der Waals surface area contributed by atoms with Crippen molar-refractivity contribution in [3.63, 3.8) is 0 Å². The molecule has 42 valence electrons. The normalized spacial score (nSPS) is 10.5. The smallest absolute Gasteiger partial charge is 0.108 e. The SMILES string of the molecule is OC=Cc1cn[nH]n1. The zero-order chi connectivity index (χ0) is 5.82. The minimum atomic E-state index is 0.618. The van der Waals surface area contributed by atoms with E-state index in [-0.39, 0.29) is 0 Å². The van der Waals surface area contributed by atoms with E-state index in [1.165, 1.54) is 12.3 Å². The standard InChI is InChI=1S/C4H5N3O/c8-2-1-4-3-5-7-6-4/h1-3,8H,(H,5,6,7). The van der Waals surface area contributed by atoms with Crippen molar-refractivity contribution in [3.05, 3.63) is 18.2 Å². The fourth-order valence-corrected chi connectivity index (χ4v) is 0.367. The topological polar surface area (TPSA) is 61.8 Å². The van der Waals surface area contributed by atoms with E-state index in [2.05, 4.69) is 15.4 Å². The van der Waals surface area contributed by atoms with E-state index < -0.39 is 0 Å². The molecule has 8 heavy (non-hydrogen) atoms. The first-order valence-corrected chi connectivity index (χ1v) is 2.10. The molecule has 0 unspecified atom stereocenters. The fraction of sp³-hybridized carbons (Fsp3) is 0. The van der Waals surface area contributed by atoms with Crippen LogP contribution < -0.4 is 0 Å². The summed E-state index contributed by atoms with van der Waals surface area (Å²) in [5.41, 5.74) is 0.618. The summed E-state index contributed by atoms with van der Waals surface area (Å²) in [4.78, 5) is 0. The van der Waals surface area contributed by atoms with Crippen LogP contribution in [0.15, 0.2) is 12.5 Å². The lowest BCUT2D eigenvalue weighted by Crippen LogP contribution is -1.69. The first kappa shape index (κ1) is 4.83. The third-order valence-electron chi connectivity index (χ3n) is 0.679. The van der Waals surface area contributed by atoms with Gasteiger partial charge in [0.25, 0.3) is 0 Å². The molecule has 0 saturated carbocycles. The summed E-state index contributed by atoms with van der Waals surface area (Å²) in [6.07, 6.45) is 3.86. The summed E-state index contributed by atoms with van der Waals surface area (Å²) in [5, 5.41) is 17.7. The predicted molar refractivity (Wildman–Crippen MR) is 28.0 cm³/mol. The molecule has 0 aromatic carbocycles. The summed E-state index contributed by atoms with van der Waals surface area (Å²) < 4.78 is 0. The van der Waals surface area contributed by atoms with Crippen LogP contribution in [0.3, 0.4) is 0 Å². The highest BCUT2D eigenvalue weighted by molar-refractivity contribution is 5.39. The number of aliphatic hydroxyl groups excluding tert-OH is 1. The number of hydrogen-bond donors (Lipinski definition) is 2. The van der Waals surface area contributed by atoms with Crippen LogP contribution in [0.1, 0.15) is 5.69 Å². The molecule has 0 saturated heterocycles. The van der Waals surface area contributed by atoms with Gasteiger partial charge in [0.05, 0.1) is 12.5 Å². The quantitative estimate of drug-likeness (QED) is 0.513. The third kappa shape index (κ3) is 0.841. The van der Waals surface area contributed by atoms with Crippen molar-refractivity contribution in [2.45, 2.75) is 0 Å². The summed E-state index contributed by atoms with van der Waals surface area (Å²) in [6.45, 7) is 0. The van der Waals surface area contributed by atoms with Crippen molar-refractivity contribution in [1.29, 1.82) is 0 Å². The van der Waals surface area contributed by atoms with Crippen LogP contribution in [0.2, 0.25) is 0 Å². The molecular formula is C4H5N3O. The molecule has 0 fully saturated rings. The molecule has 0 atom stereocenters. The monoisotopic (exact) mass is 111 g/mol. The Labute approximate surface area is 45.9 Å². The number of aromatic amines is 1. The minimum Gasteiger partial charge on any atom is -0.516 e. The van der Waals surface area contributed by atoms with Crippen molar-refractivity contribution in [1.82, 2.24) is 15.4 Å². The second-order valence-corrected chi connectivity index (χ2v) is 1.21. The molecule has 0 amide bonds. The molecule has 2 N–H and O–H groups in total. The first-order chi connectivity index (χ1) is 3.93. The van der Waals surface area contributed by atoms with Gasteiger partial charge >= 0.3 is 0 Å². The zero-order valence-electron chi connectivity index (χ0n) is 4.07. The van der Waals surface area contributed by atoms with E-state index in [0.717, 1.165) is 6.26 Å². The van der Waals surface area contributed by atoms with Gasteiger partial charge in [-0.1, -0.05) is 0 Å². The average Bonchev–Trinajstić information content (AvgIpc) is 2.19. The Morgan fingerprint density at radius 1 is 1.75 bits per heavy atom. The van der Waals surface area contributed by atoms with Crippen LogP contribution in [-0.4, -0.2) is 20.5 Å². The summed E-state index contributed by atoms with van der Waals surface area (Å²) >= 11 is 0. The second kappa shape index (κ2) is 2.11. The van der Waals surface area contributed by atoms with Gasteiger partial charge in [-0.25, -0.2) is 0 Å². The van der Waals surface area contributed by atoms with Crippen LogP contribution in [0.4, 0.5) is 0 Å². The maximum absolute atomic E-state index is 8.18. The zero-order valence-corrected chi connectivity index (χ0v) is 4.07. The largest absolute Gasteiger partial charge is 0.516 e. The van der Waals surface area contributed by atoms with Gasteiger partial charge in [0.2, 0.25) is 0 Å². The minimum absolute atomic E-state index is 0.618. The first-order valence-electron chi connectivity index (χ1n) is 2.10. The highest BCUT2D eigenvalue weighted by Crippen LogP contribution is 1.88. The Morgan fingerprint density at radius 3 is 3.12 bits per heavy atom. The van der Waals surface area contributed by atoms with Gasteiger partial charge in [-0.15, -0.1) is 0 Å². The van der Waals surface area contributed by atoms with E-state index in [9.17, 15) is 0 Å². The molecule has 1 aromatic heterocycles. The van der Waals surface area contributed by atoms with E-state index in [0.29, 0.717) is 5.69 Å². The number of H-pyrrole nitrogens is 1. The fourth-order valence-electron chi connectivity index (χ4n) is 0.367. The van der Waals surface area contributed by atoms with Crippen LogP contribution >= 0.6 is 0 Å².